The van der Waals surface area contributed by atoms with Crippen LogP contribution < -0.4 is 16.0 Å². The van der Waals surface area contributed by atoms with Crippen molar-refractivity contribution in [2.45, 2.75) is 52.8 Å². The van der Waals surface area contributed by atoms with E-state index in [1.165, 1.54) is 43.7 Å². The fourth-order valence-electron chi connectivity index (χ4n) is 4.59. The van der Waals surface area contributed by atoms with E-state index < -0.39 is 34.5 Å². The van der Waals surface area contributed by atoms with Gasteiger partial charge in [0.05, 0.1) is 19.1 Å². The van der Waals surface area contributed by atoms with Gasteiger partial charge in [-0.3, -0.25) is 9.36 Å². The van der Waals surface area contributed by atoms with Crippen LogP contribution in [-0.4, -0.2) is 34.8 Å². The molecule has 41 heavy (non-hydrogen) atoms. The first-order valence-electron chi connectivity index (χ1n) is 13.0. The van der Waals surface area contributed by atoms with E-state index in [1.54, 1.807) is 38.1 Å². The van der Waals surface area contributed by atoms with Crippen LogP contribution in [0.3, 0.4) is 0 Å². The molecule has 0 bridgehead atoms. The Morgan fingerprint density at radius 3 is 2.41 bits per heavy atom. The molecule has 0 spiro atoms. The zero-order chi connectivity index (χ0) is 29.9. The summed E-state index contributed by atoms with van der Waals surface area (Å²) in [5, 5.41) is 0.118. The van der Waals surface area contributed by atoms with Crippen LogP contribution in [0.2, 0.25) is 0 Å². The van der Waals surface area contributed by atoms with Crippen LogP contribution in [0.15, 0.2) is 58.1 Å². The molecular weight excluding hydrogens is 551 g/mol. The Morgan fingerprint density at radius 1 is 1.05 bits per heavy atom. The molecule has 11 heteroatoms. The minimum Gasteiger partial charge on any atom is -0.496 e. The van der Waals surface area contributed by atoms with Crippen molar-refractivity contribution in [3.8, 4) is 5.75 Å². The average Bonchev–Trinajstić information content (AvgIpc) is 3.29. The molecule has 0 aliphatic heterocycles. The number of hydrogen-bond acceptors (Lipinski definition) is 8. The summed E-state index contributed by atoms with van der Waals surface area (Å²) in [6.07, 6.45) is 0.165. The highest BCUT2D eigenvalue weighted by Crippen LogP contribution is 2.30. The Hall–Kier alpha value is -4.25. The molecule has 4 aromatic rings. The molecule has 0 aliphatic carbocycles. The maximum absolute atomic E-state index is 14.0. The number of carbonyl (C=O) groups is 2. The largest absolute Gasteiger partial charge is 0.496 e. The van der Waals surface area contributed by atoms with Gasteiger partial charge in [-0.05, 0) is 69.0 Å². The van der Waals surface area contributed by atoms with E-state index in [0.717, 1.165) is 21.5 Å². The molecular formula is C30H31FN2O7S. The van der Waals surface area contributed by atoms with Gasteiger partial charge in [0.1, 0.15) is 33.4 Å². The van der Waals surface area contributed by atoms with Gasteiger partial charge in [0.2, 0.25) is 0 Å². The van der Waals surface area contributed by atoms with E-state index in [1.807, 2.05) is 6.07 Å². The van der Waals surface area contributed by atoms with Crippen molar-refractivity contribution in [3.05, 3.63) is 96.8 Å². The number of carbonyl (C=O) groups excluding carboxylic acids is 2. The second-order valence-electron chi connectivity index (χ2n) is 9.86. The highest BCUT2D eigenvalue weighted by atomic mass is 32.1. The Morgan fingerprint density at radius 2 is 1.76 bits per heavy atom. The maximum atomic E-state index is 14.0. The molecule has 0 amide bonds. The fourth-order valence-corrected chi connectivity index (χ4v) is 5.81. The van der Waals surface area contributed by atoms with Gasteiger partial charge in [-0.25, -0.2) is 23.3 Å². The highest BCUT2D eigenvalue weighted by molar-refractivity contribution is 7.20. The van der Waals surface area contributed by atoms with Gasteiger partial charge in [0.15, 0.2) is 0 Å². The van der Waals surface area contributed by atoms with Gasteiger partial charge in [-0.1, -0.05) is 30.3 Å². The van der Waals surface area contributed by atoms with E-state index in [2.05, 4.69) is 0 Å². The van der Waals surface area contributed by atoms with Crippen LogP contribution in [0.4, 0.5) is 4.39 Å². The first-order chi connectivity index (χ1) is 19.5. The number of ether oxygens (including phenoxy) is 3. The molecule has 0 aliphatic rings. The third-order valence-corrected chi connectivity index (χ3v) is 8.09. The van der Waals surface area contributed by atoms with Gasteiger partial charge >= 0.3 is 17.6 Å². The van der Waals surface area contributed by atoms with Gasteiger partial charge in [-0.2, -0.15) is 0 Å². The number of thiophene rings is 1. The van der Waals surface area contributed by atoms with E-state index >= 15 is 0 Å². The van der Waals surface area contributed by atoms with Crippen LogP contribution >= 0.6 is 11.3 Å². The molecule has 0 atom stereocenters. The third-order valence-electron chi connectivity index (χ3n) is 6.79. The number of aryl methyl sites for hydroxylation is 3. The van der Waals surface area contributed by atoms with E-state index in [-0.39, 0.29) is 41.3 Å². The molecule has 2 aromatic heterocycles. The molecule has 4 rings (SSSR count). The number of fused-ring (bicyclic) bond motifs is 1. The van der Waals surface area contributed by atoms with Crippen LogP contribution in [0.25, 0.3) is 10.2 Å². The summed E-state index contributed by atoms with van der Waals surface area (Å²) in [5.41, 5.74) is -1.60. The molecule has 9 nitrogen and oxygen atoms in total. The van der Waals surface area contributed by atoms with E-state index in [4.69, 9.17) is 14.2 Å². The van der Waals surface area contributed by atoms with Gasteiger partial charge in [-0.15, -0.1) is 11.3 Å². The number of rotatable bonds is 10. The van der Waals surface area contributed by atoms with E-state index in [9.17, 15) is 23.6 Å². The molecule has 2 aromatic carbocycles. The van der Waals surface area contributed by atoms with Crippen molar-refractivity contribution in [3.63, 3.8) is 0 Å². The van der Waals surface area contributed by atoms with Crippen molar-refractivity contribution in [1.82, 2.24) is 9.13 Å². The van der Waals surface area contributed by atoms with Crippen molar-refractivity contribution in [2.24, 2.45) is 0 Å². The number of benzene rings is 2. The Balaban J connectivity index is 1.86. The van der Waals surface area contributed by atoms with Crippen LogP contribution in [0, 0.1) is 12.7 Å². The summed E-state index contributed by atoms with van der Waals surface area (Å²) in [5.74, 6) is -1.44. The summed E-state index contributed by atoms with van der Waals surface area (Å²) in [7, 11) is 1.46. The lowest BCUT2D eigenvalue weighted by atomic mass is 10.0. The number of methoxy groups -OCH3 is 1. The summed E-state index contributed by atoms with van der Waals surface area (Å²) in [4.78, 5) is 54.3. The lowest BCUT2D eigenvalue weighted by molar-refractivity contribution is -0.154. The molecule has 2 heterocycles. The Kier molecular flexibility index (Phi) is 8.77. The minimum atomic E-state index is -1.70. The maximum Gasteiger partial charge on any atom is 0.348 e. The number of esters is 2. The van der Waals surface area contributed by atoms with Crippen molar-refractivity contribution >= 4 is 33.5 Å². The summed E-state index contributed by atoms with van der Waals surface area (Å²) < 4.78 is 32.3. The first-order valence-corrected chi connectivity index (χ1v) is 13.8. The highest BCUT2D eigenvalue weighted by Gasteiger charge is 2.37. The normalized spacial score (nSPS) is 11.5. The number of aromatic nitrogens is 2. The quantitative estimate of drug-likeness (QED) is 0.252. The molecule has 0 unspecified atom stereocenters. The van der Waals surface area contributed by atoms with Crippen LogP contribution in [0.5, 0.6) is 5.75 Å². The van der Waals surface area contributed by atoms with Gasteiger partial charge in [0.25, 0.3) is 5.56 Å². The monoisotopic (exact) mass is 582 g/mol. The predicted molar refractivity (Wildman–Crippen MR) is 153 cm³/mol. The number of hydrogen-bond donors (Lipinski definition) is 0. The summed E-state index contributed by atoms with van der Waals surface area (Å²) in [6, 6.07) is 13.1. The predicted octanol–water partition coefficient (Wildman–Crippen LogP) is 4.58. The molecule has 0 saturated carbocycles. The lowest BCUT2D eigenvalue weighted by Gasteiger charge is -2.26. The fraction of sp³-hybridized carbons (Fsp3) is 0.333. The average molecular weight is 583 g/mol. The van der Waals surface area contributed by atoms with Gasteiger partial charge in [0, 0.05) is 6.54 Å². The molecule has 0 saturated heterocycles. The SMILES string of the molecule is CCOC(=O)c1sc2c(c1C)c(=O)n(C(C)(C)C(=O)OCc1ccccc1)c(=O)n2CCc1cc(F)ccc1OC. The minimum absolute atomic E-state index is 0.00673. The Labute approximate surface area is 239 Å². The number of nitrogens with zero attached hydrogens (tertiary/aromatic N) is 2. The third kappa shape index (κ3) is 5.81. The molecule has 0 fully saturated rings. The zero-order valence-corrected chi connectivity index (χ0v) is 24.3. The van der Waals surface area contributed by atoms with Crippen LogP contribution in [0.1, 0.15) is 47.1 Å². The molecule has 0 N–H and O–H groups in total. The second kappa shape index (κ2) is 12.1. The van der Waals surface area contributed by atoms with E-state index in [0.29, 0.717) is 16.9 Å². The summed E-state index contributed by atoms with van der Waals surface area (Å²) >= 11 is 0.964. The zero-order valence-electron chi connectivity index (χ0n) is 23.5. The van der Waals surface area contributed by atoms with Crippen LogP contribution in [-0.2, 0) is 39.4 Å². The topological polar surface area (TPSA) is 106 Å². The summed E-state index contributed by atoms with van der Waals surface area (Å²) in [6.45, 7) is 6.22. The Bertz CT molecular complexity index is 1720. The number of halogens is 1. The second-order valence-corrected chi connectivity index (χ2v) is 10.9. The first kappa shape index (κ1) is 29.7. The van der Waals surface area contributed by atoms with Gasteiger partial charge < -0.3 is 14.2 Å². The molecule has 0 radical (unpaired) electrons. The smallest absolute Gasteiger partial charge is 0.348 e. The molecule has 216 valence electrons. The van der Waals surface area contributed by atoms with Crippen molar-refractivity contribution in [1.29, 1.82) is 0 Å². The van der Waals surface area contributed by atoms with Crippen molar-refractivity contribution in [2.75, 3.05) is 13.7 Å². The standard InChI is InChI=1S/C30H31FN2O7S/c1-6-39-27(35)24-18(2)23-25(34)33(30(3,4)28(36)40-17-19-10-8-7-9-11-19)29(37)32(26(23)41-24)15-14-20-16-21(31)12-13-22(20)38-5/h7-13,16H,6,14-15,17H2,1-5H3. The van der Waals surface area contributed by atoms with Crippen molar-refractivity contribution < 1.29 is 28.2 Å². The lowest BCUT2D eigenvalue weighted by Crippen LogP contribution is -2.53.